The summed E-state index contributed by atoms with van der Waals surface area (Å²) in [7, 11) is 4.16. The van der Waals surface area contributed by atoms with Crippen molar-refractivity contribution in [2.75, 3.05) is 20.6 Å². The predicted octanol–water partition coefficient (Wildman–Crippen LogP) is 4.37. The van der Waals surface area contributed by atoms with Crippen LogP contribution in [0.1, 0.15) is 17.5 Å². The summed E-state index contributed by atoms with van der Waals surface area (Å²) in [6.45, 7) is 0.967. The summed E-state index contributed by atoms with van der Waals surface area (Å²) < 4.78 is 6.34. The van der Waals surface area contributed by atoms with Crippen LogP contribution in [0.5, 0.6) is 5.75 Å². The molecule has 3 nitrogen and oxygen atoms in total. The normalized spacial score (nSPS) is 12.7. The van der Waals surface area contributed by atoms with E-state index < -0.39 is 0 Å². The number of nitrogens with zero attached hydrogens (tertiary/aromatic N) is 2. The molecule has 0 aliphatic rings. The number of rotatable bonds is 6. The summed E-state index contributed by atoms with van der Waals surface area (Å²) in [4.78, 5) is 6.62. The van der Waals surface area contributed by atoms with Crippen LogP contribution in [0.15, 0.2) is 54.0 Å². The highest BCUT2D eigenvalue weighted by Crippen LogP contribution is 2.31. The lowest BCUT2D eigenvalue weighted by Crippen LogP contribution is -2.18. The van der Waals surface area contributed by atoms with Gasteiger partial charge in [-0.05, 0) is 25.5 Å². The van der Waals surface area contributed by atoms with Crippen LogP contribution in [0.2, 0.25) is 0 Å². The molecule has 2 aromatic carbocycles. The highest BCUT2D eigenvalue weighted by molar-refractivity contribution is 7.09. The summed E-state index contributed by atoms with van der Waals surface area (Å²) in [5.74, 6) is 0.928. The second-order valence-electron chi connectivity index (χ2n) is 5.55. The summed E-state index contributed by atoms with van der Waals surface area (Å²) in [5, 5.41) is 5.39. The number of hydrogen-bond acceptors (Lipinski definition) is 4. The van der Waals surface area contributed by atoms with Gasteiger partial charge in [0, 0.05) is 29.9 Å². The molecular weight excluding hydrogens is 292 g/mol. The molecule has 0 aliphatic heterocycles. The van der Waals surface area contributed by atoms with Crippen LogP contribution in [0.4, 0.5) is 0 Å². The Morgan fingerprint density at radius 3 is 2.73 bits per heavy atom. The molecule has 0 amide bonds. The van der Waals surface area contributed by atoms with E-state index in [2.05, 4.69) is 48.2 Å². The fourth-order valence-electron chi connectivity index (χ4n) is 2.45. The van der Waals surface area contributed by atoms with Crippen molar-refractivity contribution in [1.29, 1.82) is 0 Å². The maximum atomic E-state index is 6.34. The Balaban J connectivity index is 1.88. The lowest BCUT2D eigenvalue weighted by Gasteiger charge is -2.20. The first kappa shape index (κ1) is 15.0. The van der Waals surface area contributed by atoms with Crippen LogP contribution in [0, 0.1) is 0 Å². The summed E-state index contributed by atoms with van der Waals surface area (Å²) in [6, 6.07) is 14.5. The number of ether oxygens (including phenoxy) is 1. The van der Waals surface area contributed by atoms with Crippen molar-refractivity contribution in [3.8, 4) is 5.75 Å². The highest BCUT2D eigenvalue weighted by Gasteiger charge is 2.17. The van der Waals surface area contributed by atoms with Gasteiger partial charge in [0.25, 0.3) is 0 Å². The summed E-state index contributed by atoms with van der Waals surface area (Å²) in [6.07, 6.45) is 2.76. The Kier molecular flexibility index (Phi) is 4.71. The molecule has 1 unspecified atom stereocenters. The molecule has 0 radical (unpaired) electrons. The molecule has 22 heavy (non-hydrogen) atoms. The Hall–Kier alpha value is -1.91. The van der Waals surface area contributed by atoms with E-state index in [0.29, 0.717) is 0 Å². The molecule has 0 bridgehead atoms. The molecule has 0 saturated heterocycles. The Labute approximate surface area is 135 Å². The van der Waals surface area contributed by atoms with Gasteiger partial charge < -0.3 is 9.64 Å². The van der Waals surface area contributed by atoms with Gasteiger partial charge in [-0.3, -0.25) is 0 Å². The van der Waals surface area contributed by atoms with Crippen molar-refractivity contribution in [2.45, 2.75) is 12.5 Å². The molecule has 0 spiro atoms. The van der Waals surface area contributed by atoms with Crippen LogP contribution >= 0.6 is 11.3 Å². The molecule has 0 aliphatic carbocycles. The van der Waals surface area contributed by atoms with Gasteiger partial charge in [0.05, 0.1) is 0 Å². The highest BCUT2D eigenvalue weighted by atomic mass is 32.1. The monoisotopic (exact) mass is 312 g/mol. The minimum atomic E-state index is -0.00629. The third-order valence-corrected chi connectivity index (χ3v) is 4.45. The zero-order chi connectivity index (χ0) is 15.4. The van der Waals surface area contributed by atoms with Crippen molar-refractivity contribution >= 4 is 22.1 Å². The average molecular weight is 312 g/mol. The maximum Gasteiger partial charge on any atom is 0.151 e. The van der Waals surface area contributed by atoms with E-state index >= 15 is 0 Å². The van der Waals surface area contributed by atoms with E-state index in [1.165, 1.54) is 5.39 Å². The molecule has 0 N–H and O–H groups in total. The zero-order valence-electron chi connectivity index (χ0n) is 12.9. The molecule has 1 atom stereocenters. The van der Waals surface area contributed by atoms with Crippen molar-refractivity contribution in [3.63, 3.8) is 0 Å². The Morgan fingerprint density at radius 1 is 1.14 bits per heavy atom. The van der Waals surface area contributed by atoms with E-state index in [9.17, 15) is 0 Å². The number of aromatic nitrogens is 1. The van der Waals surface area contributed by atoms with E-state index in [0.717, 1.165) is 29.1 Å². The summed E-state index contributed by atoms with van der Waals surface area (Å²) >= 11 is 1.65. The van der Waals surface area contributed by atoms with Crippen molar-refractivity contribution in [1.82, 2.24) is 9.88 Å². The van der Waals surface area contributed by atoms with Gasteiger partial charge in [0.15, 0.2) is 6.10 Å². The number of fused-ring (bicyclic) bond motifs is 1. The quantitative estimate of drug-likeness (QED) is 0.676. The fourth-order valence-corrected chi connectivity index (χ4v) is 3.15. The maximum absolute atomic E-state index is 6.34. The molecule has 4 heteroatoms. The Morgan fingerprint density at radius 2 is 1.95 bits per heavy atom. The molecular formula is C18H20N2OS. The van der Waals surface area contributed by atoms with Gasteiger partial charge >= 0.3 is 0 Å². The molecule has 3 aromatic rings. The largest absolute Gasteiger partial charge is 0.483 e. The first-order valence-corrected chi connectivity index (χ1v) is 8.30. The molecule has 114 valence electrons. The second kappa shape index (κ2) is 6.90. The lowest BCUT2D eigenvalue weighted by molar-refractivity contribution is 0.181. The number of hydrogen-bond donors (Lipinski definition) is 0. The van der Waals surface area contributed by atoms with Crippen LogP contribution < -0.4 is 4.74 Å². The van der Waals surface area contributed by atoms with E-state index in [4.69, 9.17) is 4.74 Å². The van der Waals surface area contributed by atoms with Crippen LogP contribution in [0.25, 0.3) is 10.8 Å². The zero-order valence-corrected chi connectivity index (χ0v) is 13.7. The van der Waals surface area contributed by atoms with Gasteiger partial charge in [-0.2, -0.15) is 0 Å². The number of benzene rings is 2. The van der Waals surface area contributed by atoms with Crippen LogP contribution in [-0.4, -0.2) is 30.5 Å². The Bertz CT molecular complexity index is 720. The van der Waals surface area contributed by atoms with Crippen LogP contribution in [0.3, 0.4) is 0 Å². The molecule has 1 heterocycles. The van der Waals surface area contributed by atoms with E-state index in [1.807, 2.05) is 29.8 Å². The van der Waals surface area contributed by atoms with Crippen molar-refractivity contribution < 1.29 is 4.74 Å². The third kappa shape index (κ3) is 3.46. The molecule has 0 saturated carbocycles. The van der Waals surface area contributed by atoms with Gasteiger partial charge in [-0.25, -0.2) is 4.98 Å². The first-order valence-electron chi connectivity index (χ1n) is 7.42. The minimum Gasteiger partial charge on any atom is -0.483 e. The van der Waals surface area contributed by atoms with Gasteiger partial charge in [0.1, 0.15) is 10.8 Å². The standard InChI is InChI=1S/C18H20N2OS/c1-20(2)12-10-17(18-19-11-13-22-18)21-16-9-5-7-14-6-3-4-8-15(14)16/h3-9,11,13,17H,10,12H2,1-2H3. The van der Waals surface area contributed by atoms with Gasteiger partial charge in [0.2, 0.25) is 0 Å². The van der Waals surface area contributed by atoms with E-state index in [1.54, 1.807) is 11.3 Å². The van der Waals surface area contributed by atoms with Crippen LogP contribution in [-0.2, 0) is 0 Å². The predicted molar refractivity (Wildman–Crippen MR) is 92.6 cm³/mol. The lowest BCUT2D eigenvalue weighted by atomic mass is 10.1. The average Bonchev–Trinajstić information content (AvgIpc) is 3.05. The van der Waals surface area contributed by atoms with Gasteiger partial charge in [-0.1, -0.05) is 36.4 Å². The number of thiazole rings is 1. The molecule has 1 aromatic heterocycles. The third-order valence-electron chi connectivity index (χ3n) is 3.58. The van der Waals surface area contributed by atoms with Crippen molar-refractivity contribution in [2.24, 2.45) is 0 Å². The SMILES string of the molecule is CN(C)CCC(Oc1cccc2ccccc12)c1nccs1. The minimum absolute atomic E-state index is 0.00629. The fraction of sp³-hybridized carbons (Fsp3) is 0.278. The summed E-state index contributed by atoms with van der Waals surface area (Å²) in [5.41, 5.74) is 0. The molecule has 0 fully saturated rings. The smallest absolute Gasteiger partial charge is 0.151 e. The van der Waals surface area contributed by atoms with Crippen molar-refractivity contribution in [3.05, 3.63) is 59.0 Å². The van der Waals surface area contributed by atoms with E-state index in [-0.39, 0.29) is 6.10 Å². The first-order chi connectivity index (χ1) is 10.7. The van der Waals surface area contributed by atoms with Gasteiger partial charge in [-0.15, -0.1) is 11.3 Å². The second-order valence-corrected chi connectivity index (χ2v) is 6.47. The molecule has 3 rings (SSSR count). The topological polar surface area (TPSA) is 25.4 Å².